The van der Waals surface area contributed by atoms with Gasteiger partial charge in [0.15, 0.2) is 0 Å². The van der Waals surface area contributed by atoms with E-state index in [9.17, 15) is 13.2 Å². The molecule has 158 valence electrons. The first-order valence-corrected chi connectivity index (χ1v) is 10.8. The number of nitrogens with zero attached hydrogens (tertiary/aromatic N) is 1. The van der Waals surface area contributed by atoms with E-state index in [4.69, 9.17) is 4.74 Å². The summed E-state index contributed by atoms with van der Waals surface area (Å²) in [7, 11) is 1.79. The Morgan fingerprint density at radius 2 is 1.79 bits per heavy atom. The molecule has 1 atom stereocenters. The van der Waals surface area contributed by atoms with Gasteiger partial charge in [-0.15, -0.1) is 0 Å². The zero-order valence-corrected chi connectivity index (χ0v) is 18.3. The van der Waals surface area contributed by atoms with E-state index < -0.39 is 10.0 Å². The van der Waals surface area contributed by atoms with Gasteiger partial charge in [0, 0.05) is 23.7 Å². The van der Waals surface area contributed by atoms with Gasteiger partial charge in [0.1, 0.15) is 5.75 Å². The van der Waals surface area contributed by atoms with Gasteiger partial charge in [-0.05, 0) is 52.2 Å². The molecule has 2 rings (SSSR count). The highest BCUT2D eigenvalue weighted by atomic mass is 32.2. The predicted molar refractivity (Wildman–Crippen MR) is 114 cm³/mol. The van der Waals surface area contributed by atoms with Gasteiger partial charge in [-0.3, -0.25) is 4.79 Å². The molecule has 7 nitrogen and oxygen atoms in total. The van der Waals surface area contributed by atoms with E-state index in [1.165, 1.54) is 12.1 Å². The average molecular weight is 420 g/mol. The zero-order chi connectivity index (χ0) is 21.6. The highest BCUT2D eigenvalue weighted by Crippen LogP contribution is 2.27. The van der Waals surface area contributed by atoms with Crippen LogP contribution in [-0.4, -0.2) is 53.0 Å². The smallest absolute Gasteiger partial charge is 0.251 e. The maximum atomic E-state index is 12.7. The lowest BCUT2D eigenvalue weighted by molar-refractivity contribution is 0.0941. The topological polar surface area (TPSA) is 87.7 Å². The molecule has 0 aliphatic carbocycles. The summed E-state index contributed by atoms with van der Waals surface area (Å²) in [4.78, 5) is 14.7. The summed E-state index contributed by atoms with van der Waals surface area (Å²) in [5, 5.41) is 2.90. The lowest BCUT2D eigenvalue weighted by atomic mass is 10.0. The fourth-order valence-electron chi connectivity index (χ4n) is 2.99. The van der Waals surface area contributed by atoms with Crippen molar-refractivity contribution in [3.05, 3.63) is 59.7 Å². The molecule has 8 heteroatoms. The van der Waals surface area contributed by atoms with Crippen LogP contribution in [0.1, 0.15) is 35.8 Å². The fourth-order valence-corrected chi connectivity index (χ4v) is 4.28. The van der Waals surface area contributed by atoms with Crippen molar-refractivity contribution in [1.82, 2.24) is 14.9 Å². The average Bonchev–Trinajstić information content (AvgIpc) is 2.67. The number of carbonyl (C=O) groups excluding carboxylic acids is 1. The van der Waals surface area contributed by atoms with Crippen LogP contribution >= 0.6 is 0 Å². The number of amides is 1. The molecule has 0 heterocycles. The van der Waals surface area contributed by atoms with Gasteiger partial charge in [-0.25, -0.2) is 13.1 Å². The number of carbonyl (C=O) groups is 1. The minimum absolute atomic E-state index is 0.0627. The number of likely N-dealkylation sites (N-methyl/N-ethyl adjacent to an activating group) is 1. The number of benzene rings is 2. The summed E-state index contributed by atoms with van der Waals surface area (Å²) < 4.78 is 32.7. The van der Waals surface area contributed by atoms with Crippen LogP contribution in [0.15, 0.2) is 53.4 Å². The predicted octanol–water partition coefficient (Wildman–Crippen LogP) is 2.41. The molecule has 0 radical (unpaired) electrons. The Bertz CT molecular complexity index is 942. The number of ether oxygens (including phenoxy) is 1. The molecular formula is C21H29N3O4S. The van der Waals surface area contributed by atoms with Crippen LogP contribution in [0, 0.1) is 0 Å². The van der Waals surface area contributed by atoms with E-state index in [1.54, 1.807) is 33.1 Å². The number of rotatable bonds is 9. The van der Waals surface area contributed by atoms with Crippen LogP contribution in [0.2, 0.25) is 0 Å². The van der Waals surface area contributed by atoms with Crippen LogP contribution in [0.4, 0.5) is 0 Å². The maximum Gasteiger partial charge on any atom is 0.251 e. The molecule has 0 bridgehead atoms. The molecule has 0 aliphatic heterocycles. The summed E-state index contributed by atoms with van der Waals surface area (Å²) in [6.45, 7) is 3.83. The number of hydrogen-bond donors (Lipinski definition) is 2. The summed E-state index contributed by atoms with van der Waals surface area (Å²) in [6, 6.07) is 13.3. The molecule has 0 saturated carbocycles. The van der Waals surface area contributed by atoms with E-state index in [0.717, 1.165) is 11.3 Å². The summed E-state index contributed by atoms with van der Waals surface area (Å²) in [5.41, 5.74) is 1.24. The van der Waals surface area contributed by atoms with Gasteiger partial charge in [-0.2, -0.15) is 0 Å². The third-order valence-corrected chi connectivity index (χ3v) is 6.03. The number of para-hydroxylation sites is 1. The number of hydrogen-bond acceptors (Lipinski definition) is 5. The molecule has 0 fully saturated rings. The lowest BCUT2D eigenvalue weighted by Crippen LogP contribution is -2.35. The Balaban J connectivity index is 2.18. The second-order valence-electron chi connectivity index (χ2n) is 7.24. The molecular weight excluding hydrogens is 390 g/mol. The molecule has 29 heavy (non-hydrogen) atoms. The van der Waals surface area contributed by atoms with Crippen LogP contribution < -0.4 is 14.8 Å². The Kier molecular flexibility index (Phi) is 7.78. The minimum atomic E-state index is -3.67. The second-order valence-corrected chi connectivity index (χ2v) is 8.95. The van der Waals surface area contributed by atoms with Crippen LogP contribution in [0.25, 0.3) is 0 Å². The fraction of sp³-hybridized carbons (Fsp3) is 0.381. The molecule has 2 N–H and O–H groups in total. The van der Waals surface area contributed by atoms with Crippen molar-refractivity contribution in [3.8, 4) is 5.75 Å². The highest BCUT2D eigenvalue weighted by molar-refractivity contribution is 7.89. The van der Waals surface area contributed by atoms with E-state index >= 15 is 0 Å². The Hall–Kier alpha value is -2.42. The van der Waals surface area contributed by atoms with Gasteiger partial charge in [0.2, 0.25) is 10.0 Å². The van der Waals surface area contributed by atoms with Gasteiger partial charge in [0.05, 0.1) is 18.0 Å². The first-order valence-electron chi connectivity index (χ1n) is 9.35. The van der Waals surface area contributed by atoms with Crippen molar-refractivity contribution in [3.63, 3.8) is 0 Å². The Labute approximate surface area is 173 Å². The van der Waals surface area contributed by atoms with Crippen molar-refractivity contribution >= 4 is 15.9 Å². The molecule has 2 aromatic carbocycles. The molecule has 0 spiro atoms. The number of nitrogens with one attached hydrogen (secondary N) is 2. The summed E-state index contributed by atoms with van der Waals surface area (Å²) >= 11 is 0. The zero-order valence-electron chi connectivity index (χ0n) is 17.5. The van der Waals surface area contributed by atoms with Crippen LogP contribution in [-0.2, 0) is 10.0 Å². The Morgan fingerprint density at radius 3 is 2.41 bits per heavy atom. The van der Waals surface area contributed by atoms with E-state index in [0.29, 0.717) is 6.54 Å². The van der Waals surface area contributed by atoms with Gasteiger partial charge in [0.25, 0.3) is 5.91 Å². The first kappa shape index (κ1) is 22.9. The third kappa shape index (κ3) is 6.03. The quantitative estimate of drug-likeness (QED) is 0.652. The van der Waals surface area contributed by atoms with Crippen molar-refractivity contribution in [2.45, 2.75) is 30.8 Å². The second kappa shape index (κ2) is 9.87. The summed E-state index contributed by atoms with van der Waals surface area (Å²) in [6.07, 6.45) is 0. The van der Waals surface area contributed by atoms with E-state index in [1.807, 2.05) is 43.3 Å². The molecule has 1 amide bonds. The van der Waals surface area contributed by atoms with Crippen LogP contribution in [0.5, 0.6) is 5.75 Å². The number of sulfonamides is 1. The van der Waals surface area contributed by atoms with Gasteiger partial charge in [-0.1, -0.05) is 24.3 Å². The standard InChI is InChI=1S/C21H29N3O4S/c1-15(2)23-29(26,27)17-10-8-9-16(13-17)21(25)22-14-19(24(3)4)18-11-6-7-12-20(18)28-5/h6-13,15,19,23H,14H2,1-5H3,(H,22,25)/t19-/m0/s1. The third-order valence-electron chi connectivity index (χ3n) is 4.37. The minimum Gasteiger partial charge on any atom is -0.496 e. The van der Waals surface area contributed by atoms with E-state index in [-0.39, 0.29) is 28.4 Å². The lowest BCUT2D eigenvalue weighted by Gasteiger charge is -2.26. The normalized spacial score (nSPS) is 12.8. The summed E-state index contributed by atoms with van der Waals surface area (Å²) in [5.74, 6) is 0.404. The van der Waals surface area contributed by atoms with Gasteiger partial charge < -0.3 is 15.0 Å². The Morgan fingerprint density at radius 1 is 1.10 bits per heavy atom. The number of methoxy groups -OCH3 is 1. The van der Waals surface area contributed by atoms with Gasteiger partial charge >= 0.3 is 0 Å². The first-order chi connectivity index (χ1) is 13.7. The monoisotopic (exact) mass is 419 g/mol. The van der Waals surface area contributed by atoms with Crippen molar-refractivity contribution in [2.75, 3.05) is 27.7 Å². The maximum absolute atomic E-state index is 12.7. The molecule has 0 saturated heterocycles. The van der Waals surface area contributed by atoms with Crippen molar-refractivity contribution < 1.29 is 17.9 Å². The largest absolute Gasteiger partial charge is 0.496 e. The van der Waals surface area contributed by atoms with Crippen molar-refractivity contribution in [1.29, 1.82) is 0 Å². The van der Waals surface area contributed by atoms with E-state index in [2.05, 4.69) is 10.0 Å². The van der Waals surface area contributed by atoms with Crippen LogP contribution in [0.3, 0.4) is 0 Å². The molecule has 2 aromatic rings. The SMILES string of the molecule is COc1ccccc1[C@H](CNC(=O)c1cccc(S(=O)(=O)NC(C)C)c1)N(C)C. The van der Waals surface area contributed by atoms with Crippen molar-refractivity contribution in [2.24, 2.45) is 0 Å². The molecule has 0 aliphatic rings. The highest BCUT2D eigenvalue weighted by Gasteiger charge is 2.21. The molecule has 0 aromatic heterocycles. The molecule has 0 unspecified atom stereocenters.